The molecule has 3 aliphatic heterocycles. The highest BCUT2D eigenvalue weighted by atomic mass is 32.2. The van der Waals surface area contributed by atoms with Crippen molar-refractivity contribution < 1.29 is 41.8 Å². The van der Waals surface area contributed by atoms with E-state index in [1.54, 1.807) is 7.11 Å². The SMILES string of the molecule is COc1cc2nc(-c3ccccc3)cc3c2cc1CCCCCOC(=O)N[C@H]1CCCCCCC[C@@H]2C[C@@]2(C(=O)NS(=O)(=O)C2CC2)NC(=O)[C@@H]2C[C@H](CN2C1=O)O3. The molecule has 1 aromatic heterocycles. The first-order valence-corrected chi connectivity index (χ1v) is 22.4. The lowest BCUT2D eigenvalue weighted by molar-refractivity contribution is -0.141. The van der Waals surface area contributed by atoms with Crippen molar-refractivity contribution in [2.75, 3.05) is 20.3 Å². The third-order valence-electron chi connectivity index (χ3n) is 12.4. The molecule has 0 spiro atoms. The van der Waals surface area contributed by atoms with Crippen molar-refractivity contribution in [1.29, 1.82) is 0 Å². The predicted molar refractivity (Wildman–Crippen MR) is 215 cm³/mol. The van der Waals surface area contributed by atoms with Gasteiger partial charge in [-0.1, -0.05) is 62.4 Å². The molecular formula is C43H53N5O9S. The summed E-state index contributed by atoms with van der Waals surface area (Å²) in [4.78, 5) is 62.7. The van der Waals surface area contributed by atoms with Gasteiger partial charge >= 0.3 is 6.09 Å². The second kappa shape index (κ2) is 16.7. The molecule has 2 saturated heterocycles. The monoisotopic (exact) mass is 815 g/mol. The highest BCUT2D eigenvalue weighted by Crippen LogP contribution is 2.48. The lowest BCUT2D eigenvalue weighted by Crippen LogP contribution is -2.58. The van der Waals surface area contributed by atoms with E-state index in [1.807, 2.05) is 48.5 Å². The minimum Gasteiger partial charge on any atom is -0.496 e. The molecule has 2 saturated carbocycles. The number of hydrogen-bond acceptors (Lipinski definition) is 10. The molecule has 5 atom stereocenters. The van der Waals surface area contributed by atoms with E-state index in [1.165, 1.54) is 4.90 Å². The minimum atomic E-state index is -3.87. The lowest BCUT2D eigenvalue weighted by Gasteiger charge is -2.29. The number of hydrogen-bond donors (Lipinski definition) is 3. The molecule has 2 aromatic carbocycles. The summed E-state index contributed by atoms with van der Waals surface area (Å²) >= 11 is 0. The van der Waals surface area contributed by atoms with Crippen molar-refractivity contribution >= 4 is 44.7 Å². The number of ether oxygens (including phenoxy) is 3. The van der Waals surface area contributed by atoms with Crippen LogP contribution in [0.15, 0.2) is 48.5 Å². The number of amides is 4. The molecule has 4 heterocycles. The van der Waals surface area contributed by atoms with Gasteiger partial charge in [0.05, 0.1) is 36.7 Å². The predicted octanol–water partition coefficient (Wildman–Crippen LogP) is 5.31. The van der Waals surface area contributed by atoms with Gasteiger partial charge in [-0.3, -0.25) is 19.1 Å². The van der Waals surface area contributed by atoms with Gasteiger partial charge < -0.3 is 29.7 Å². The molecule has 3 aromatic rings. The molecule has 2 aliphatic carbocycles. The van der Waals surface area contributed by atoms with Crippen LogP contribution < -0.4 is 24.8 Å². The number of nitrogens with one attached hydrogen (secondary N) is 3. The Morgan fingerprint density at radius 1 is 0.948 bits per heavy atom. The van der Waals surface area contributed by atoms with Crippen LogP contribution in [0, 0.1) is 5.92 Å². The summed E-state index contributed by atoms with van der Waals surface area (Å²) in [5.41, 5.74) is 1.78. The molecule has 8 rings (SSSR count). The topological polar surface area (TPSA) is 182 Å². The zero-order valence-corrected chi connectivity index (χ0v) is 33.8. The Morgan fingerprint density at radius 3 is 2.48 bits per heavy atom. The van der Waals surface area contributed by atoms with E-state index in [4.69, 9.17) is 19.2 Å². The smallest absolute Gasteiger partial charge is 0.407 e. The van der Waals surface area contributed by atoms with Crippen LogP contribution in [0.1, 0.15) is 95.5 Å². The molecule has 4 fully saturated rings. The number of rotatable bonds is 5. The number of cyclic esters (lactones) is 1. The molecule has 58 heavy (non-hydrogen) atoms. The molecule has 5 aliphatic rings. The van der Waals surface area contributed by atoms with Crippen molar-refractivity contribution in [3.05, 3.63) is 54.1 Å². The maximum absolute atomic E-state index is 14.7. The Balaban J connectivity index is 1.17. The molecule has 5 bridgehead atoms. The first kappa shape index (κ1) is 39.9. The van der Waals surface area contributed by atoms with E-state index < -0.39 is 62.8 Å². The van der Waals surface area contributed by atoms with Gasteiger partial charge in [0.15, 0.2) is 0 Å². The molecule has 14 nitrogen and oxygen atoms in total. The van der Waals surface area contributed by atoms with Gasteiger partial charge in [-0.05, 0) is 75.3 Å². The van der Waals surface area contributed by atoms with Crippen LogP contribution in [-0.4, -0.2) is 91.4 Å². The maximum Gasteiger partial charge on any atom is 0.407 e. The van der Waals surface area contributed by atoms with E-state index in [-0.39, 0.29) is 25.5 Å². The first-order chi connectivity index (χ1) is 28.0. The summed E-state index contributed by atoms with van der Waals surface area (Å²) in [6.07, 6.45) is 8.06. The number of carbonyl (C=O) groups is 4. The molecular weight excluding hydrogens is 763 g/mol. The summed E-state index contributed by atoms with van der Waals surface area (Å²) in [5.74, 6) is -0.754. The zero-order valence-electron chi connectivity index (χ0n) is 33.0. The van der Waals surface area contributed by atoms with Crippen LogP contribution in [0.4, 0.5) is 4.79 Å². The average molecular weight is 816 g/mol. The lowest BCUT2D eigenvalue weighted by atomic mass is 10.0. The number of pyridine rings is 1. The fourth-order valence-electron chi connectivity index (χ4n) is 8.88. The number of nitrogens with zero attached hydrogens (tertiary/aromatic N) is 2. The number of fused-ring (bicyclic) bond motifs is 4. The van der Waals surface area contributed by atoms with Crippen molar-refractivity contribution in [3.63, 3.8) is 0 Å². The molecule has 4 amide bonds. The molecule has 0 unspecified atom stereocenters. The van der Waals surface area contributed by atoms with E-state index in [9.17, 15) is 27.6 Å². The maximum atomic E-state index is 14.7. The highest BCUT2D eigenvalue weighted by molar-refractivity contribution is 7.91. The second-order valence-corrected chi connectivity index (χ2v) is 18.5. The van der Waals surface area contributed by atoms with Gasteiger partial charge in [0.25, 0.3) is 5.91 Å². The van der Waals surface area contributed by atoms with E-state index in [2.05, 4.69) is 15.4 Å². The molecule has 3 N–H and O–H groups in total. The fraction of sp³-hybridized carbons (Fsp3) is 0.558. The first-order valence-electron chi connectivity index (χ1n) is 20.9. The normalized spacial score (nSPS) is 27.4. The Bertz CT molecular complexity index is 2160. The van der Waals surface area contributed by atoms with Crippen LogP contribution in [0.3, 0.4) is 0 Å². The Labute approximate surface area is 339 Å². The van der Waals surface area contributed by atoms with E-state index in [0.717, 1.165) is 55.0 Å². The Kier molecular flexibility index (Phi) is 11.5. The van der Waals surface area contributed by atoms with Crippen molar-refractivity contribution in [3.8, 4) is 22.8 Å². The third-order valence-corrected chi connectivity index (χ3v) is 14.2. The second-order valence-electron chi connectivity index (χ2n) is 16.6. The van der Waals surface area contributed by atoms with E-state index in [0.29, 0.717) is 74.1 Å². The van der Waals surface area contributed by atoms with E-state index >= 15 is 0 Å². The summed E-state index contributed by atoms with van der Waals surface area (Å²) in [5, 5.41) is 5.94. The van der Waals surface area contributed by atoms with Crippen LogP contribution in [0.2, 0.25) is 0 Å². The quantitative estimate of drug-likeness (QED) is 0.306. The molecule has 310 valence electrons. The zero-order chi connectivity index (χ0) is 40.4. The van der Waals surface area contributed by atoms with Gasteiger partial charge in [-0.25, -0.2) is 18.2 Å². The summed E-state index contributed by atoms with van der Waals surface area (Å²) in [7, 11) is -2.24. The summed E-state index contributed by atoms with van der Waals surface area (Å²) in [6, 6.07) is 13.5. The van der Waals surface area contributed by atoms with Crippen LogP contribution in [0.25, 0.3) is 22.2 Å². The number of methoxy groups -OCH3 is 1. The average Bonchev–Trinajstić information content (AvgIpc) is 4.14. The number of aromatic nitrogens is 1. The largest absolute Gasteiger partial charge is 0.496 e. The minimum absolute atomic E-state index is 0.0241. The van der Waals surface area contributed by atoms with Gasteiger partial charge in [-0.2, -0.15) is 0 Å². The number of sulfonamides is 1. The number of benzene rings is 2. The highest BCUT2D eigenvalue weighted by Gasteiger charge is 2.62. The number of carbonyl (C=O) groups excluding carboxylic acids is 4. The molecule has 15 heteroatoms. The van der Waals surface area contributed by atoms with Gasteiger partial charge in [0.1, 0.15) is 35.2 Å². The Morgan fingerprint density at radius 2 is 1.71 bits per heavy atom. The van der Waals surface area contributed by atoms with Crippen molar-refractivity contribution in [1.82, 2.24) is 25.2 Å². The van der Waals surface area contributed by atoms with Gasteiger partial charge in [-0.15, -0.1) is 0 Å². The fourth-order valence-corrected chi connectivity index (χ4v) is 10.2. The van der Waals surface area contributed by atoms with Gasteiger partial charge in [0, 0.05) is 29.5 Å². The van der Waals surface area contributed by atoms with Crippen molar-refractivity contribution in [2.24, 2.45) is 5.92 Å². The van der Waals surface area contributed by atoms with Crippen LogP contribution >= 0.6 is 0 Å². The number of alkyl carbamates (subject to hydrolysis) is 1. The Hall–Kier alpha value is -4.92. The standard InChI is InChI=1S/C43H53N5O9S/c1-55-37-24-35-32-21-28(37)15-9-6-12-20-56-42(52)45-33-17-11-4-2-3-10-16-29-25-43(29,41(51)47-58(53,54)31-18-19-31)46-39(49)36-22-30(26-48(36)40(33)50)57-38(32)23-34(44-35)27-13-7-5-8-14-27/h5,7-8,13-14,21,23-24,29-31,33,36H,2-4,6,9-12,15-20,22,25-26H2,1H3,(H,45,52)(H,46,49)(H,47,51)/t29-,30-,33+,36+,43-/m1/s1. The van der Waals surface area contributed by atoms with Gasteiger partial charge in [0.2, 0.25) is 21.8 Å². The van der Waals surface area contributed by atoms with Crippen LogP contribution in [0.5, 0.6) is 11.5 Å². The van der Waals surface area contributed by atoms with Crippen molar-refractivity contribution in [2.45, 2.75) is 125 Å². The molecule has 0 radical (unpaired) electrons. The summed E-state index contributed by atoms with van der Waals surface area (Å²) in [6.45, 7) is 0.209. The van der Waals surface area contributed by atoms with Crippen LogP contribution in [-0.2, 0) is 35.6 Å². The summed E-state index contributed by atoms with van der Waals surface area (Å²) < 4.78 is 46.4. The number of aryl methyl sites for hydroxylation is 1. The third kappa shape index (κ3) is 8.60.